The van der Waals surface area contributed by atoms with Gasteiger partial charge in [-0.1, -0.05) is 44.2 Å². The SMILES string of the molecule is CC(=O)N[C@H](Cc1ccccc1)C(=O)N1CCCC1C(=O)N[C@@H](CCCNc1ccnc(N)n1)B1O[C@@H]2CC3CC(C3(C)C)[C@]2(C)O1. The molecule has 1 aromatic carbocycles. The molecule has 2 aromatic rings. The summed E-state index contributed by atoms with van der Waals surface area (Å²) in [6, 6.07) is 9.93. The van der Waals surface area contributed by atoms with E-state index in [1.165, 1.54) is 6.92 Å². The minimum Gasteiger partial charge on any atom is -0.404 e. The van der Waals surface area contributed by atoms with Crippen LogP contribution in [0.1, 0.15) is 71.8 Å². The number of anilines is 2. The van der Waals surface area contributed by atoms with Gasteiger partial charge >= 0.3 is 7.12 Å². The van der Waals surface area contributed by atoms with Crippen molar-refractivity contribution in [2.75, 3.05) is 24.1 Å². The molecule has 252 valence electrons. The van der Waals surface area contributed by atoms with Gasteiger partial charge < -0.3 is 35.9 Å². The van der Waals surface area contributed by atoms with E-state index < -0.39 is 30.7 Å². The zero-order valence-electron chi connectivity index (χ0n) is 27.9. The normalized spacial score (nSPS) is 28.5. The van der Waals surface area contributed by atoms with Crippen molar-refractivity contribution in [1.82, 2.24) is 25.5 Å². The molecule has 3 amide bonds. The molecule has 3 unspecified atom stereocenters. The molecule has 12 nitrogen and oxygen atoms in total. The third kappa shape index (κ3) is 6.83. The average Bonchev–Trinajstić information content (AvgIpc) is 3.67. The first-order valence-electron chi connectivity index (χ1n) is 17.0. The minimum absolute atomic E-state index is 0.0215. The molecule has 3 aliphatic carbocycles. The lowest BCUT2D eigenvalue weighted by molar-refractivity contribution is -0.199. The van der Waals surface area contributed by atoms with Gasteiger partial charge in [-0.3, -0.25) is 14.4 Å². The van der Waals surface area contributed by atoms with Crippen LogP contribution in [0.25, 0.3) is 0 Å². The van der Waals surface area contributed by atoms with Crippen LogP contribution in [0.15, 0.2) is 42.6 Å². The fraction of sp³-hybridized carbons (Fsp3) is 0.618. The van der Waals surface area contributed by atoms with E-state index in [4.69, 9.17) is 15.0 Å². The maximum atomic E-state index is 14.0. The first-order valence-corrected chi connectivity index (χ1v) is 17.0. The summed E-state index contributed by atoms with van der Waals surface area (Å²) in [5.41, 5.74) is 6.45. The molecule has 0 spiro atoms. The molecule has 5 fully saturated rings. The molecule has 7 rings (SSSR count). The van der Waals surface area contributed by atoms with Crippen LogP contribution < -0.4 is 21.7 Å². The van der Waals surface area contributed by atoms with E-state index in [9.17, 15) is 14.4 Å². The molecule has 3 saturated carbocycles. The molecule has 2 aliphatic heterocycles. The number of amides is 3. The first kappa shape index (κ1) is 33.2. The number of likely N-dealkylation sites (tertiary alicyclic amines) is 1. The maximum absolute atomic E-state index is 14.0. The Morgan fingerprint density at radius 3 is 2.64 bits per heavy atom. The van der Waals surface area contributed by atoms with Crippen molar-refractivity contribution < 1.29 is 23.7 Å². The van der Waals surface area contributed by atoms with Crippen molar-refractivity contribution in [3.63, 3.8) is 0 Å². The van der Waals surface area contributed by atoms with Gasteiger partial charge in [0.2, 0.25) is 23.7 Å². The summed E-state index contributed by atoms with van der Waals surface area (Å²) in [6.45, 7) is 9.28. The van der Waals surface area contributed by atoms with Crippen LogP contribution >= 0.6 is 0 Å². The van der Waals surface area contributed by atoms with Crippen molar-refractivity contribution in [2.24, 2.45) is 17.3 Å². The second kappa shape index (κ2) is 13.4. The number of benzene rings is 1. The Labute approximate surface area is 277 Å². The molecule has 0 radical (unpaired) electrons. The quantitative estimate of drug-likeness (QED) is 0.201. The van der Waals surface area contributed by atoms with Crippen molar-refractivity contribution in [3.05, 3.63) is 48.2 Å². The number of rotatable bonds is 12. The molecular weight excluding hydrogens is 597 g/mol. The van der Waals surface area contributed by atoms with Gasteiger partial charge in [0.05, 0.1) is 17.6 Å². The number of aromatic nitrogens is 2. The summed E-state index contributed by atoms with van der Waals surface area (Å²) >= 11 is 0. The Morgan fingerprint density at radius 1 is 1.13 bits per heavy atom. The summed E-state index contributed by atoms with van der Waals surface area (Å²) in [6.07, 6.45) is 6.55. The summed E-state index contributed by atoms with van der Waals surface area (Å²) in [7, 11) is -0.602. The second-order valence-corrected chi connectivity index (χ2v) is 14.5. The van der Waals surface area contributed by atoms with Crippen molar-refractivity contribution >= 4 is 36.6 Å². The third-order valence-electron chi connectivity index (χ3n) is 11.1. The van der Waals surface area contributed by atoms with Gasteiger partial charge in [-0.05, 0) is 74.3 Å². The number of nitrogen functional groups attached to an aromatic ring is 1. The van der Waals surface area contributed by atoms with Gasteiger partial charge in [0, 0.05) is 32.6 Å². The zero-order valence-corrected chi connectivity index (χ0v) is 27.9. The minimum atomic E-state index is -0.764. The predicted molar refractivity (Wildman–Crippen MR) is 179 cm³/mol. The topological polar surface area (TPSA) is 161 Å². The number of hydrogen-bond acceptors (Lipinski definition) is 9. The Morgan fingerprint density at radius 2 is 1.91 bits per heavy atom. The third-order valence-corrected chi connectivity index (χ3v) is 11.1. The van der Waals surface area contributed by atoms with Crippen LogP contribution in [0.3, 0.4) is 0 Å². The van der Waals surface area contributed by atoms with Crippen molar-refractivity contribution in [2.45, 2.75) is 102 Å². The highest BCUT2D eigenvalue weighted by Crippen LogP contribution is 2.65. The molecule has 7 atom stereocenters. The zero-order chi connectivity index (χ0) is 33.3. The number of hydrogen-bond donors (Lipinski definition) is 4. The lowest BCUT2D eigenvalue weighted by Crippen LogP contribution is -2.65. The van der Waals surface area contributed by atoms with Crippen molar-refractivity contribution in [3.8, 4) is 0 Å². The van der Waals surface area contributed by atoms with E-state index in [1.807, 2.05) is 30.3 Å². The molecule has 47 heavy (non-hydrogen) atoms. The number of nitrogens with one attached hydrogen (secondary N) is 3. The van der Waals surface area contributed by atoms with Gasteiger partial charge in [0.1, 0.15) is 17.9 Å². The Balaban J connectivity index is 1.15. The Hall–Kier alpha value is -3.71. The molecule has 5 aliphatic rings. The molecule has 13 heteroatoms. The van der Waals surface area contributed by atoms with Crippen LogP contribution in [0.2, 0.25) is 0 Å². The van der Waals surface area contributed by atoms with Crippen LogP contribution in [-0.2, 0) is 30.1 Å². The summed E-state index contributed by atoms with van der Waals surface area (Å²) in [5, 5.41) is 9.36. The second-order valence-electron chi connectivity index (χ2n) is 14.5. The fourth-order valence-electron chi connectivity index (χ4n) is 8.44. The van der Waals surface area contributed by atoms with E-state index in [0.717, 1.165) is 18.4 Å². The molecule has 2 bridgehead atoms. The maximum Gasteiger partial charge on any atom is 0.481 e. The predicted octanol–water partition coefficient (Wildman–Crippen LogP) is 2.74. The lowest BCUT2D eigenvalue weighted by Gasteiger charge is -2.64. The van der Waals surface area contributed by atoms with Gasteiger partial charge in [-0.2, -0.15) is 4.98 Å². The van der Waals surface area contributed by atoms with Gasteiger partial charge in [0.25, 0.3) is 0 Å². The van der Waals surface area contributed by atoms with Gasteiger partial charge in [0.15, 0.2) is 0 Å². The van der Waals surface area contributed by atoms with E-state index >= 15 is 0 Å². The summed E-state index contributed by atoms with van der Waals surface area (Å²) < 4.78 is 13.4. The van der Waals surface area contributed by atoms with E-state index in [-0.39, 0.29) is 35.2 Å². The lowest BCUT2D eigenvalue weighted by atomic mass is 9.43. The standard InChI is InChI=1S/C34H48BN7O5/c1-21(43)39-24(18-22-10-6-5-7-11-22)31(45)42-17-9-12-25(42)30(44)40-28(13-8-15-37-29-14-16-38-32(36)41-29)35-46-27-20-23-19-26(33(23,2)3)34(27,4)47-35/h5-7,10-11,14,16,23-28H,8-9,12-13,15,17-20H2,1-4H3,(H,39,43)(H,40,44)(H3,36,37,38,41)/t23?,24-,25?,26?,27-,28+,34+/m1/s1. The van der Waals surface area contributed by atoms with Crippen molar-refractivity contribution in [1.29, 1.82) is 0 Å². The van der Waals surface area contributed by atoms with Crippen LogP contribution in [-0.4, -0.2) is 82.5 Å². The molecule has 2 saturated heterocycles. The fourth-order valence-corrected chi connectivity index (χ4v) is 8.44. The van der Waals surface area contributed by atoms with E-state index in [1.54, 1.807) is 17.2 Å². The Kier molecular flexibility index (Phi) is 9.49. The van der Waals surface area contributed by atoms with E-state index in [2.05, 4.69) is 46.7 Å². The van der Waals surface area contributed by atoms with Gasteiger partial charge in [-0.15, -0.1) is 0 Å². The highest BCUT2D eigenvalue weighted by Gasteiger charge is 2.68. The highest BCUT2D eigenvalue weighted by atomic mass is 16.7. The number of carbonyl (C=O) groups excluding carboxylic acids is 3. The summed E-state index contributed by atoms with van der Waals surface area (Å²) in [4.78, 5) is 49.8. The van der Waals surface area contributed by atoms with Crippen LogP contribution in [0.5, 0.6) is 0 Å². The van der Waals surface area contributed by atoms with Crippen LogP contribution in [0.4, 0.5) is 11.8 Å². The largest absolute Gasteiger partial charge is 0.481 e. The molecule has 5 N–H and O–H groups in total. The summed E-state index contributed by atoms with van der Waals surface area (Å²) in [5.74, 6) is 0.650. The van der Waals surface area contributed by atoms with Gasteiger partial charge in [-0.25, -0.2) is 4.98 Å². The van der Waals surface area contributed by atoms with E-state index in [0.29, 0.717) is 62.8 Å². The molecular formula is C34H48BN7O5. The Bertz CT molecular complexity index is 1460. The van der Waals surface area contributed by atoms with Crippen LogP contribution in [0, 0.1) is 17.3 Å². The smallest absolute Gasteiger partial charge is 0.404 e. The first-order chi connectivity index (χ1) is 22.5. The number of nitrogens with zero attached hydrogens (tertiary/aromatic N) is 3. The number of carbonyl (C=O) groups is 3. The number of nitrogens with two attached hydrogens (primary N) is 1. The average molecular weight is 646 g/mol. The monoisotopic (exact) mass is 645 g/mol. The molecule has 3 heterocycles. The highest BCUT2D eigenvalue weighted by molar-refractivity contribution is 6.48. The molecule has 1 aromatic heterocycles.